The molecule has 2 N–H and O–H groups in total. The van der Waals surface area contributed by atoms with Crippen LogP contribution in [0.3, 0.4) is 0 Å². The summed E-state index contributed by atoms with van der Waals surface area (Å²) in [5.74, 6) is 0.154. The van der Waals surface area contributed by atoms with Crippen molar-refractivity contribution < 1.29 is 18.6 Å². The second-order valence-electron chi connectivity index (χ2n) is 3.76. The van der Waals surface area contributed by atoms with E-state index in [2.05, 4.69) is 0 Å². The predicted molar refractivity (Wildman–Crippen MR) is 67.1 cm³/mol. The summed E-state index contributed by atoms with van der Waals surface area (Å²) in [5.41, 5.74) is 5.85. The van der Waals surface area contributed by atoms with Gasteiger partial charge in [0.25, 0.3) is 0 Å². The summed E-state index contributed by atoms with van der Waals surface area (Å²) in [6.45, 7) is 2.39. The summed E-state index contributed by atoms with van der Waals surface area (Å²) < 4.78 is 28.9. The number of hydrogen-bond acceptors (Lipinski definition) is 4. The molecule has 18 heavy (non-hydrogen) atoms. The lowest BCUT2D eigenvalue weighted by Gasteiger charge is -2.08. The Hall–Kier alpha value is -1.17. The lowest BCUT2D eigenvalue weighted by molar-refractivity contribution is 0.0805. The molecule has 0 bridgehead atoms. The standard InChI is InChI=1S/C13H20FNO3/c1-16-5-2-6-17-7-8-18-12-4-3-11(10-15)13(14)9-12/h3-4,9H,2,5-8,10,15H2,1H3. The van der Waals surface area contributed by atoms with Crippen LogP contribution in [0.4, 0.5) is 4.39 Å². The summed E-state index contributed by atoms with van der Waals surface area (Å²) >= 11 is 0. The van der Waals surface area contributed by atoms with Gasteiger partial charge in [-0.1, -0.05) is 6.07 Å². The Morgan fingerprint density at radius 2 is 2.00 bits per heavy atom. The highest BCUT2D eigenvalue weighted by atomic mass is 19.1. The second-order valence-corrected chi connectivity index (χ2v) is 3.76. The van der Waals surface area contributed by atoms with Gasteiger partial charge in [0.1, 0.15) is 18.2 Å². The monoisotopic (exact) mass is 257 g/mol. The predicted octanol–water partition coefficient (Wildman–Crippen LogP) is 1.72. The zero-order valence-corrected chi connectivity index (χ0v) is 10.7. The Kier molecular flexibility index (Phi) is 7.32. The minimum atomic E-state index is -0.337. The van der Waals surface area contributed by atoms with Crippen LogP contribution < -0.4 is 10.5 Å². The quantitative estimate of drug-likeness (QED) is 0.684. The number of benzene rings is 1. The van der Waals surface area contributed by atoms with Crippen LogP contribution in [0.25, 0.3) is 0 Å². The van der Waals surface area contributed by atoms with Crippen molar-refractivity contribution in [1.82, 2.24) is 0 Å². The average Bonchev–Trinajstić information content (AvgIpc) is 2.38. The molecule has 0 radical (unpaired) electrons. The third-order valence-electron chi connectivity index (χ3n) is 2.38. The van der Waals surface area contributed by atoms with Gasteiger partial charge in [-0.25, -0.2) is 4.39 Å². The molecule has 1 aromatic carbocycles. The van der Waals surface area contributed by atoms with Gasteiger partial charge in [-0.3, -0.25) is 0 Å². The van der Waals surface area contributed by atoms with Crippen LogP contribution in [-0.4, -0.2) is 33.5 Å². The molecular formula is C13H20FNO3. The van der Waals surface area contributed by atoms with Crippen molar-refractivity contribution in [2.75, 3.05) is 33.5 Å². The van der Waals surface area contributed by atoms with Crippen molar-refractivity contribution in [3.63, 3.8) is 0 Å². The highest BCUT2D eigenvalue weighted by molar-refractivity contribution is 5.28. The largest absolute Gasteiger partial charge is 0.491 e. The van der Waals surface area contributed by atoms with Crippen molar-refractivity contribution >= 4 is 0 Å². The Bertz CT molecular complexity index is 347. The molecule has 4 nitrogen and oxygen atoms in total. The third kappa shape index (κ3) is 5.44. The average molecular weight is 257 g/mol. The zero-order valence-electron chi connectivity index (χ0n) is 10.7. The van der Waals surface area contributed by atoms with Gasteiger partial charge in [0.15, 0.2) is 0 Å². The SMILES string of the molecule is COCCCOCCOc1ccc(CN)c(F)c1. The van der Waals surface area contributed by atoms with Crippen LogP contribution >= 0.6 is 0 Å². The summed E-state index contributed by atoms with van der Waals surface area (Å²) in [7, 11) is 1.66. The molecule has 1 aromatic rings. The van der Waals surface area contributed by atoms with Gasteiger partial charge in [-0.2, -0.15) is 0 Å². The summed E-state index contributed by atoms with van der Waals surface area (Å²) in [5, 5.41) is 0. The molecule has 0 heterocycles. The molecule has 5 heteroatoms. The lowest BCUT2D eigenvalue weighted by Crippen LogP contribution is -2.09. The molecule has 102 valence electrons. The van der Waals surface area contributed by atoms with Crippen LogP contribution in [0.15, 0.2) is 18.2 Å². The van der Waals surface area contributed by atoms with Crippen LogP contribution in [0.2, 0.25) is 0 Å². The fourth-order valence-electron chi connectivity index (χ4n) is 1.41. The third-order valence-corrected chi connectivity index (χ3v) is 2.38. The molecule has 0 amide bonds. The molecule has 0 atom stereocenters. The number of halogens is 1. The van der Waals surface area contributed by atoms with Crippen molar-refractivity contribution in [3.8, 4) is 5.75 Å². The molecule has 0 saturated carbocycles. The molecule has 0 spiro atoms. The minimum Gasteiger partial charge on any atom is -0.491 e. The van der Waals surface area contributed by atoms with E-state index < -0.39 is 0 Å². The normalized spacial score (nSPS) is 10.6. The van der Waals surface area contributed by atoms with E-state index in [1.807, 2.05) is 0 Å². The molecule has 1 rings (SSSR count). The van der Waals surface area contributed by atoms with E-state index in [0.717, 1.165) is 6.42 Å². The van der Waals surface area contributed by atoms with Crippen molar-refractivity contribution in [2.24, 2.45) is 5.73 Å². The van der Waals surface area contributed by atoms with E-state index in [-0.39, 0.29) is 12.4 Å². The first kappa shape index (κ1) is 14.9. The Balaban J connectivity index is 2.17. The molecule has 0 saturated heterocycles. The molecule has 0 aliphatic rings. The fraction of sp³-hybridized carbons (Fsp3) is 0.538. The molecule has 0 fully saturated rings. The van der Waals surface area contributed by atoms with Gasteiger partial charge < -0.3 is 19.9 Å². The number of ether oxygens (including phenoxy) is 3. The molecule has 0 aliphatic heterocycles. The van der Waals surface area contributed by atoms with E-state index in [0.29, 0.717) is 37.7 Å². The number of methoxy groups -OCH3 is 1. The molecular weight excluding hydrogens is 237 g/mol. The molecule has 0 unspecified atom stereocenters. The van der Waals surface area contributed by atoms with Crippen molar-refractivity contribution in [1.29, 1.82) is 0 Å². The smallest absolute Gasteiger partial charge is 0.131 e. The van der Waals surface area contributed by atoms with Crippen LogP contribution in [0.5, 0.6) is 5.75 Å². The fourth-order valence-corrected chi connectivity index (χ4v) is 1.41. The van der Waals surface area contributed by atoms with Gasteiger partial charge in [-0.15, -0.1) is 0 Å². The van der Waals surface area contributed by atoms with Crippen LogP contribution in [-0.2, 0) is 16.0 Å². The highest BCUT2D eigenvalue weighted by Gasteiger charge is 2.02. The summed E-state index contributed by atoms with van der Waals surface area (Å²) in [6.07, 6.45) is 0.857. The van der Waals surface area contributed by atoms with Crippen molar-refractivity contribution in [3.05, 3.63) is 29.6 Å². The number of hydrogen-bond donors (Lipinski definition) is 1. The van der Waals surface area contributed by atoms with Gasteiger partial charge >= 0.3 is 0 Å². The Morgan fingerprint density at radius 1 is 1.17 bits per heavy atom. The summed E-state index contributed by atoms with van der Waals surface area (Å²) in [6, 6.07) is 4.67. The topological polar surface area (TPSA) is 53.7 Å². The highest BCUT2D eigenvalue weighted by Crippen LogP contribution is 2.16. The maximum absolute atomic E-state index is 13.4. The Labute approximate surface area is 107 Å². The number of rotatable bonds is 9. The van der Waals surface area contributed by atoms with Crippen LogP contribution in [0.1, 0.15) is 12.0 Å². The minimum absolute atomic E-state index is 0.189. The van der Waals surface area contributed by atoms with Gasteiger partial charge in [0, 0.05) is 38.5 Å². The van der Waals surface area contributed by atoms with E-state index in [9.17, 15) is 4.39 Å². The lowest BCUT2D eigenvalue weighted by atomic mass is 10.2. The van der Waals surface area contributed by atoms with E-state index in [1.165, 1.54) is 6.07 Å². The second kappa shape index (κ2) is 8.85. The molecule has 0 aliphatic carbocycles. The van der Waals surface area contributed by atoms with Crippen LogP contribution in [0, 0.1) is 5.82 Å². The van der Waals surface area contributed by atoms with Crippen molar-refractivity contribution in [2.45, 2.75) is 13.0 Å². The van der Waals surface area contributed by atoms with Gasteiger partial charge in [0.2, 0.25) is 0 Å². The van der Waals surface area contributed by atoms with E-state index in [1.54, 1.807) is 19.2 Å². The van der Waals surface area contributed by atoms with E-state index >= 15 is 0 Å². The van der Waals surface area contributed by atoms with Gasteiger partial charge in [-0.05, 0) is 12.5 Å². The first-order valence-corrected chi connectivity index (χ1v) is 5.96. The van der Waals surface area contributed by atoms with E-state index in [4.69, 9.17) is 19.9 Å². The Morgan fingerprint density at radius 3 is 2.67 bits per heavy atom. The molecule has 0 aromatic heterocycles. The number of nitrogens with two attached hydrogens (primary N) is 1. The van der Waals surface area contributed by atoms with Gasteiger partial charge in [0.05, 0.1) is 6.61 Å². The maximum atomic E-state index is 13.4. The summed E-state index contributed by atoms with van der Waals surface area (Å²) in [4.78, 5) is 0. The maximum Gasteiger partial charge on any atom is 0.131 e. The first-order valence-electron chi connectivity index (χ1n) is 5.96. The zero-order chi connectivity index (χ0) is 13.2. The first-order chi connectivity index (χ1) is 8.77.